The number of aromatic nitrogens is 2. The second-order valence-electron chi connectivity index (χ2n) is 10.0. The molecule has 236 valence electrons. The molecule has 0 saturated carbocycles. The van der Waals surface area contributed by atoms with E-state index in [2.05, 4.69) is 5.32 Å². The van der Waals surface area contributed by atoms with Crippen LogP contribution >= 0.6 is 0 Å². The van der Waals surface area contributed by atoms with Gasteiger partial charge in [-0.15, -0.1) is 0 Å². The number of ether oxygens (including phenoxy) is 2. The first-order chi connectivity index (χ1) is 22.2. The highest BCUT2D eigenvalue weighted by Gasteiger charge is 2.21. The Labute approximate surface area is 264 Å². The van der Waals surface area contributed by atoms with Gasteiger partial charge in [-0.25, -0.2) is 9.13 Å². The first-order valence-corrected chi connectivity index (χ1v) is 14.1. The van der Waals surface area contributed by atoms with Crippen molar-refractivity contribution in [2.75, 3.05) is 11.9 Å². The first-order valence-electron chi connectivity index (χ1n) is 14.1. The Bertz CT molecular complexity index is 1740. The second kappa shape index (κ2) is 16.2. The van der Waals surface area contributed by atoms with Crippen molar-refractivity contribution < 1.29 is 38.8 Å². The number of hydrogen-bond donors (Lipinski definition) is 2. The van der Waals surface area contributed by atoms with Crippen molar-refractivity contribution in [1.29, 1.82) is 0 Å². The number of carboxylic acids is 1. The molecule has 0 bridgehead atoms. The fourth-order valence-corrected chi connectivity index (χ4v) is 4.39. The number of nitro benzene ring substituents is 1. The van der Waals surface area contributed by atoms with E-state index >= 15 is 0 Å². The third kappa shape index (κ3) is 10.0. The molecule has 0 radical (unpaired) electrons. The molecular weight excluding hydrogens is 592 g/mol. The van der Waals surface area contributed by atoms with Gasteiger partial charge in [-0.05, 0) is 66.6 Å². The highest BCUT2D eigenvalue weighted by Crippen LogP contribution is 2.27. The molecule has 5 rings (SSSR count). The predicted molar refractivity (Wildman–Crippen MR) is 166 cm³/mol. The van der Waals surface area contributed by atoms with Gasteiger partial charge in [0.05, 0.1) is 17.5 Å². The van der Waals surface area contributed by atoms with Crippen LogP contribution in [0.4, 0.5) is 11.4 Å². The van der Waals surface area contributed by atoms with Crippen LogP contribution in [-0.4, -0.2) is 33.1 Å². The quantitative estimate of drug-likeness (QED) is 0.120. The number of rotatable bonds is 12. The van der Waals surface area contributed by atoms with Gasteiger partial charge in [0.1, 0.15) is 36.2 Å². The lowest BCUT2D eigenvalue weighted by Crippen LogP contribution is -2.37. The van der Waals surface area contributed by atoms with E-state index in [0.29, 0.717) is 23.7 Å². The lowest BCUT2D eigenvalue weighted by Gasteiger charge is -2.19. The number of nitrogens with one attached hydrogen (secondary N) is 1. The van der Waals surface area contributed by atoms with Crippen molar-refractivity contribution in [2.24, 2.45) is 0 Å². The zero-order chi connectivity index (χ0) is 32.9. The van der Waals surface area contributed by atoms with Crippen molar-refractivity contribution in [2.45, 2.75) is 26.1 Å². The summed E-state index contributed by atoms with van der Waals surface area (Å²) in [5.74, 6) is 0.350. The van der Waals surface area contributed by atoms with Gasteiger partial charge in [-0.1, -0.05) is 42.5 Å². The summed E-state index contributed by atoms with van der Waals surface area (Å²) in [6, 6.07) is 30.7. The number of non-ortho nitro benzene ring substituents is 1. The minimum Gasteiger partial charge on any atom is -0.548 e. The molecule has 1 aromatic heterocycles. The highest BCUT2D eigenvalue weighted by molar-refractivity contribution is 5.90. The van der Waals surface area contributed by atoms with Crippen LogP contribution in [0.3, 0.4) is 0 Å². The molecule has 4 aromatic carbocycles. The van der Waals surface area contributed by atoms with Crippen LogP contribution < -0.4 is 24.5 Å². The van der Waals surface area contributed by atoms with Gasteiger partial charge in [0.15, 0.2) is 12.6 Å². The molecule has 1 heterocycles. The Morgan fingerprint density at radius 2 is 1.52 bits per heavy atom. The van der Waals surface area contributed by atoms with E-state index < -0.39 is 17.5 Å². The monoisotopic (exact) mass is 624 g/mol. The lowest BCUT2D eigenvalue weighted by atomic mass is 10.0. The Morgan fingerprint density at radius 3 is 2.15 bits per heavy atom. The largest absolute Gasteiger partial charge is 0.548 e. The number of aliphatic carboxylic acids is 1. The summed E-state index contributed by atoms with van der Waals surface area (Å²) in [6.45, 7) is 1.73. The Balaban J connectivity index is 0.000000892. The summed E-state index contributed by atoms with van der Waals surface area (Å²) in [4.78, 5) is 32.3. The number of imidazole rings is 1. The lowest BCUT2D eigenvalue weighted by molar-refractivity contribution is -0.703. The van der Waals surface area contributed by atoms with Crippen molar-refractivity contribution in [1.82, 2.24) is 4.57 Å². The molecule has 1 amide bonds. The third-order valence-electron chi connectivity index (χ3n) is 6.56. The number of benzene rings is 4. The molecule has 12 heteroatoms. The molecule has 12 nitrogen and oxygen atoms in total. The van der Waals surface area contributed by atoms with Crippen molar-refractivity contribution in [3.63, 3.8) is 0 Å². The van der Waals surface area contributed by atoms with Gasteiger partial charge < -0.3 is 29.8 Å². The average Bonchev–Trinajstić information content (AvgIpc) is 3.49. The fourth-order valence-electron chi connectivity index (χ4n) is 4.39. The molecule has 0 fully saturated rings. The normalized spacial score (nSPS) is 11.0. The van der Waals surface area contributed by atoms with E-state index in [1.807, 2.05) is 96.9 Å². The highest BCUT2D eigenvalue weighted by atomic mass is 16.6. The summed E-state index contributed by atoms with van der Waals surface area (Å²) in [6.07, 6.45) is 5.20. The number of amides is 1. The van der Waals surface area contributed by atoms with E-state index in [1.54, 1.807) is 28.8 Å². The number of anilines is 1. The topological polar surface area (TPSA) is 160 Å². The Morgan fingerprint density at radius 1 is 0.913 bits per heavy atom. The van der Waals surface area contributed by atoms with E-state index in [9.17, 15) is 14.9 Å². The zero-order valence-electron chi connectivity index (χ0n) is 24.9. The summed E-state index contributed by atoms with van der Waals surface area (Å²) in [5, 5.41) is 30.4. The van der Waals surface area contributed by atoms with Crippen LogP contribution in [0.1, 0.15) is 17.2 Å². The summed E-state index contributed by atoms with van der Waals surface area (Å²) in [5.41, 5.74) is 2.75. The molecular formula is C34H32N4O8. The number of aliphatic hydroxyl groups excluding tert-OH is 1. The minimum atomic E-state index is -1.44. The first kappa shape index (κ1) is 32.9. The summed E-state index contributed by atoms with van der Waals surface area (Å²) >= 11 is 0. The van der Waals surface area contributed by atoms with Gasteiger partial charge in [0, 0.05) is 17.8 Å². The summed E-state index contributed by atoms with van der Waals surface area (Å²) < 4.78 is 15.8. The average molecular weight is 625 g/mol. The third-order valence-corrected chi connectivity index (χ3v) is 6.56. The maximum Gasteiger partial charge on any atom is 0.269 e. The van der Waals surface area contributed by atoms with Crippen molar-refractivity contribution >= 4 is 23.3 Å². The molecule has 1 atom stereocenters. The number of aliphatic hydroxyl groups is 1. The predicted octanol–water partition coefficient (Wildman–Crippen LogP) is 3.97. The smallest absolute Gasteiger partial charge is 0.269 e. The van der Waals surface area contributed by atoms with Gasteiger partial charge in [-0.3, -0.25) is 14.9 Å². The Kier molecular flexibility index (Phi) is 11.6. The van der Waals surface area contributed by atoms with Crippen LogP contribution in [0.25, 0.3) is 0 Å². The maximum absolute atomic E-state index is 12.7. The van der Waals surface area contributed by atoms with Gasteiger partial charge in [-0.2, -0.15) is 0 Å². The zero-order valence-corrected chi connectivity index (χ0v) is 24.9. The van der Waals surface area contributed by atoms with E-state index in [4.69, 9.17) is 24.5 Å². The minimum absolute atomic E-state index is 0.00554. The Hall–Kier alpha value is -6.01. The van der Waals surface area contributed by atoms with Gasteiger partial charge >= 0.3 is 0 Å². The number of nitro groups is 1. The van der Waals surface area contributed by atoms with Gasteiger partial charge in [0.25, 0.3) is 11.6 Å². The molecule has 1 unspecified atom stereocenters. The number of aryl methyl sites for hydroxylation is 1. The van der Waals surface area contributed by atoms with Crippen LogP contribution in [0.5, 0.6) is 17.2 Å². The standard InChI is InChI=1S/C32H28N4O5.C2H4O3/c1-24-7-5-6-10-30(24)31(41-29-17-13-26(14-18-29)36(38)39)21-34-19-20-35(23-34)22-32(37)33-25-11-15-28(16-12-25)40-27-8-3-2-4-9-27;3-1-2(4)5/h2-20,23,31H,21-22H2,1H3;3H,1H2,(H,4,5). The molecule has 2 N–H and O–H groups in total. The van der Waals surface area contributed by atoms with Crippen LogP contribution in [-0.2, 0) is 22.7 Å². The number of carbonyl (C=O) groups excluding carboxylic acids is 2. The second-order valence-corrected chi connectivity index (χ2v) is 10.0. The van der Waals surface area contributed by atoms with Crippen LogP contribution in [0.2, 0.25) is 0 Å². The van der Waals surface area contributed by atoms with E-state index in [-0.39, 0.29) is 24.2 Å². The van der Waals surface area contributed by atoms with Crippen LogP contribution in [0, 0.1) is 17.0 Å². The molecule has 0 spiro atoms. The van der Waals surface area contributed by atoms with Crippen molar-refractivity contribution in [3.05, 3.63) is 143 Å². The number of para-hydroxylation sites is 1. The molecule has 0 aliphatic rings. The SMILES string of the molecule is Cc1ccccc1C(C[n+]1ccn(CC(=O)Nc2ccc(Oc3ccccc3)cc2)c1)Oc1ccc([N+](=O)[O-])cc1.O=C([O-])CO. The molecule has 0 aliphatic carbocycles. The van der Waals surface area contributed by atoms with E-state index in [1.165, 1.54) is 12.1 Å². The molecule has 0 aliphatic heterocycles. The van der Waals surface area contributed by atoms with E-state index in [0.717, 1.165) is 16.9 Å². The molecule has 0 saturated heterocycles. The fraction of sp³-hybridized carbons (Fsp3) is 0.147. The number of carboxylic acid groups (broad SMARTS) is 1. The summed E-state index contributed by atoms with van der Waals surface area (Å²) in [7, 11) is 0. The number of carbonyl (C=O) groups is 2. The maximum atomic E-state index is 12.7. The number of hydrogen-bond acceptors (Lipinski definition) is 8. The van der Waals surface area contributed by atoms with Crippen LogP contribution in [0.15, 0.2) is 122 Å². The molecule has 5 aromatic rings. The van der Waals surface area contributed by atoms with Crippen molar-refractivity contribution in [3.8, 4) is 17.2 Å². The number of nitrogens with zero attached hydrogens (tertiary/aromatic N) is 3. The molecule has 46 heavy (non-hydrogen) atoms. The van der Waals surface area contributed by atoms with Gasteiger partial charge in [0.2, 0.25) is 6.33 Å².